The molecule has 3 rings (SSSR count). The third-order valence-corrected chi connectivity index (χ3v) is 3.56. The number of carbonyl (C=O) groups is 1. The summed E-state index contributed by atoms with van der Waals surface area (Å²) in [5.41, 5.74) is 0.703. The highest BCUT2D eigenvalue weighted by molar-refractivity contribution is 6.30. The molecule has 0 unspecified atom stereocenters. The highest BCUT2D eigenvalue weighted by atomic mass is 35.5. The second-order valence-electron chi connectivity index (χ2n) is 4.77. The first-order chi connectivity index (χ1) is 10.1. The van der Waals surface area contributed by atoms with Crippen molar-refractivity contribution in [2.45, 2.75) is 6.92 Å². The molecule has 3 aromatic rings. The molecule has 0 aliphatic rings. The van der Waals surface area contributed by atoms with Crippen LogP contribution in [-0.4, -0.2) is 5.78 Å². The Morgan fingerprint density at radius 2 is 1.57 bits per heavy atom. The zero-order valence-electron chi connectivity index (χ0n) is 11.5. The molecular formula is C18H13ClO2. The van der Waals surface area contributed by atoms with Gasteiger partial charge in [-0.15, -0.1) is 0 Å². The standard InChI is InChI=1S/C18H13ClO2/c1-12(20)15-10-11-18(17-5-3-2-4-16(15)17)21-14-8-6-13(19)7-9-14/h2-11H,1H3. The lowest BCUT2D eigenvalue weighted by atomic mass is 10.0. The maximum Gasteiger partial charge on any atom is 0.160 e. The van der Waals surface area contributed by atoms with Gasteiger partial charge in [-0.05, 0) is 48.7 Å². The van der Waals surface area contributed by atoms with Crippen LogP contribution < -0.4 is 4.74 Å². The highest BCUT2D eigenvalue weighted by Gasteiger charge is 2.10. The molecule has 3 aromatic carbocycles. The maximum atomic E-state index is 11.7. The Morgan fingerprint density at radius 3 is 2.24 bits per heavy atom. The van der Waals surface area contributed by atoms with E-state index in [2.05, 4.69) is 0 Å². The zero-order valence-corrected chi connectivity index (χ0v) is 12.2. The maximum absolute atomic E-state index is 11.7. The lowest BCUT2D eigenvalue weighted by Gasteiger charge is -2.11. The molecule has 0 aliphatic heterocycles. The SMILES string of the molecule is CC(=O)c1ccc(Oc2ccc(Cl)cc2)c2ccccc12. The lowest BCUT2D eigenvalue weighted by molar-refractivity contribution is 0.101. The van der Waals surface area contributed by atoms with Crippen LogP contribution in [0.4, 0.5) is 0 Å². The lowest BCUT2D eigenvalue weighted by Crippen LogP contribution is -1.95. The van der Waals surface area contributed by atoms with Gasteiger partial charge in [0.2, 0.25) is 0 Å². The van der Waals surface area contributed by atoms with Gasteiger partial charge in [0, 0.05) is 16.0 Å². The van der Waals surface area contributed by atoms with Gasteiger partial charge in [0.1, 0.15) is 11.5 Å². The van der Waals surface area contributed by atoms with Crippen LogP contribution in [0.15, 0.2) is 60.7 Å². The summed E-state index contributed by atoms with van der Waals surface area (Å²) in [6, 6.07) is 18.6. The fourth-order valence-corrected chi connectivity index (χ4v) is 2.42. The van der Waals surface area contributed by atoms with Crippen LogP contribution in [0.5, 0.6) is 11.5 Å². The molecule has 0 N–H and O–H groups in total. The molecule has 0 aromatic heterocycles. The molecule has 0 fully saturated rings. The molecule has 0 heterocycles. The molecule has 0 spiro atoms. The zero-order chi connectivity index (χ0) is 14.8. The van der Waals surface area contributed by atoms with Gasteiger partial charge in [-0.3, -0.25) is 4.79 Å². The molecular weight excluding hydrogens is 284 g/mol. The van der Waals surface area contributed by atoms with E-state index in [0.717, 1.165) is 16.5 Å². The fourth-order valence-electron chi connectivity index (χ4n) is 2.30. The number of hydrogen-bond donors (Lipinski definition) is 0. The summed E-state index contributed by atoms with van der Waals surface area (Å²) in [5.74, 6) is 1.47. The van der Waals surface area contributed by atoms with Crippen molar-refractivity contribution in [1.82, 2.24) is 0 Å². The van der Waals surface area contributed by atoms with Gasteiger partial charge in [0.15, 0.2) is 5.78 Å². The van der Waals surface area contributed by atoms with Crippen molar-refractivity contribution in [3.63, 3.8) is 0 Å². The number of Topliss-reactive ketones (excluding diaryl/α,β-unsaturated/α-hetero) is 1. The third kappa shape index (κ3) is 2.76. The van der Waals surface area contributed by atoms with E-state index in [4.69, 9.17) is 16.3 Å². The van der Waals surface area contributed by atoms with Crippen molar-refractivity contribution >= 4 is 28.2 Å². The van der Waals surface area contributed by atoms with E-state index in [1.165, 1.54) is 0 Å². The van der Waals surface area contributed by atoms with Crippen LogP contribution in [-0.2, 0) is 0 Å². The smallest absolute Gasteiger partial charge is 0.160 e. The van der Waals surface area contributed by atoms with E-state index < -0.39 is 0 Å². The van der Waals surface area contributed by atoms with Gasteiger partial charge < -0.3 is 4.74 Å². The van der Waals surface area contributed by atoms with Gasteiger partial charge in [0.25, 0.3) is 0 Å². The van der Waals surface area contributed by atoms with Crippen molar-refractivity contribution in [1.29, 1.82) is 0 Å². The number of halogens is 1. The Bertz CT molecular complexity index is 807. The van der Waals surface area contributed by atoms with Crippen LogP contribution in [0.25, 0.3) is 10.8 Å². The Labute approximate surface area is 127 Å². The average Bonchev–Trinajstić information content (AvgIpc) is 2.49. The molecule has 0 aliphatic carbocycles. The predicted octanol–water partition coefficient (Wildman–Crippen LogP) is 5.49. The Hall–Kier alpha value is -2.32. The van der Waals surface area contributed by atoms with E-state index in [9.17, 15) is 4.79 Å². The number of ketones is 1. The number of hydrogen-bond acceptors (Lipinski definition) is 2. The van der Waals surface area contributed by atoms with Crippen LogP contribution in [0.1, 0.15) is 17.3 Å². The van der Waals surface area contributed by atoms with Crippen LogP contribution >= 0.6 is 11.6 Å². The Kier molecular flexibility index (Phi) is 3.63. The Morgan fingerprint density at radius 1 is 0.905 bits per heavy atom. The summed E-state index contributed by atoms with van der Waals surface area (Å²) < 4.78 is 5.91. The molecule has 21 heavy (non-hydrogen) atoms. The van der Waals surface area contributed by atoms with Crippen molar-refractivity contribution in [3.8, 4) is 11.5 Å². The third-order valence-electron chi connectivity index (χ3n) is 3.30. The van der Waals surface area contributed by atoms with Crippen LogP contribution in [0.2, 0.25) is 5.02 Å². The van der Waals surface area contributed by atoms with Crippen molar-refractivity contribution in [2.24, 2.45) is 0 Å². The summed E-state index contributed by atoms with van der Waals surface area (Å²) in [5, 5.41) is 2.48. The number of ether oxygens (including phenoxy) is 1. The quantitative estimate of drug-likeness (QED) is 0.598. The van der Waals surface area contributed by atoms with Gasteiger partial charge in [-0.2, -0.15) is 0 Å². The first-order valence-corrected chi connectivity index (χ1v) is 6.99. The first kappa shape index (κ1) is 13.7. The molecule has 0 atom stereocenters. The second kappa shape index (κ2) is 5.58. The Balaban J connectivity index is 2.09. The van der Waals surface area contributed by atoms with Gasteiger partial charge in [0.05, 0.1) is 0 Å². The van der Waals surface area contributed by atoms with Crippen LogP contribution in [0.3, 0.4) is 0 Å². The second-order valence-corrected chi connectivity index (χ2v) is 5.21. The van der Waals surface area contributed by atoms with Gasteiger partial charge in [-0.25, -0.2) is 0 Å². The highest BCUT2D eigenvalue weighted by Crippen LogP contribution is 2.32. The molecule has 0 saturated carbocycles. The van der Waals surface area contributed by atoms with Crippen molar-refractivity contribution in [2.75, 3.05) is 0 Å². The minimum atomic E-state index is 0.0456. The number of carbonyl (C=O) groups excluding carboxylic acids is 1. The minimum Gasteiger partial charge on any atom is -0.457 e. The predicted molar refractivity (Wildman–Crippen MR) is 85.5 cm³/mol. The first-order valence-electron chi connectivity index (χ1n) is 6.61. The molecule has 2 nitrogen and oxygen atoms in total. The molecule has 0 amide bonds. The monoisotopic (exact) mass is 296 g/mol. The molecule has 3 heteroatoms. The van der Waals surface area contributed by atoms with E-state index in [0.29, 0.717) is 16.3 Å². The van der Waals surface area contributed by atoms with E-state index in [1.807, 2.05) is 42.5 Å². The normalized spacial score (nSPS) is 10.6. The average molecular weight is 297 g/mol. The van der Waals surface area contributed by atoms with Crippen molar-refractivity contribution < 1.29 is 9.53 Å². The van der Waals surface area contributed by atoms with E-state index in [1.54, 1.807) is 25.1 Å². The fraction of sp³-hybridized carbons (Fsp3) is 0.0556. The molecule has 0 radical (unpaired) electrons. The van der Waals surface area contributed by atoms with Gasteiger partial charge >= 0.3 is 0 Å². The minimum absolute atomic E-state index is 0.0456. The molecule has 0 bridgehead atoms. The topological polar surface area (TPSA) is 26.3 Å². The molecule has 0 saturated heterocycles. The summed E-state index contributed by atoms with van der Waals surface area (Å²) in [6.07, 6.45) is 0. The summed E-state index contributed by atoms with van der Waals surface area (Å²) in [4.78, 5) is 11.7. The van der Waals surface area contributed by atoms with Crippen molar-refractivity contribution in [3.05, 3.63) is 71.2 Å². The van der Waals surface area contributed by atoms with E-state index in [-0.39, 0.29) is 5.78 Å². The van der Waals surface area contributed by atoms with Gasteiger partial charge in [-0.1, -0.05) is 35.9 Å². The summed E-state index contributed by atoms with van der Waals surface area (Å²) in [6.45, 7) is 1.57. The van der Waals surface area contributed by atoms with E-state index >= 15 is 0 Å². The number of fused-ring (bicyclic) bond motifs is 1. The molecule has 104 valence electrons. The number of benzene rings is 3. The largest absolute Gasteiger partial charge is 0.457 e. The summed E-state index contributed by atoms with van der Waals surface area (Å²) in [7, 11) is 0. The summed E-state index contributed by atoms with van der Waals surface area (Å²) >= 11 is 5.87. The van der Waals surface area contributed by atoms with Crippen LogP contribution in [0, 0.1) is 0 Å². The number of rotatable bonds is 3.